The number of anilines is 2. The number of aromatic nitrogens is 3. The van der Waals surface area contributed by atoms with E-state index in [0.717, 1.165) is 21.2 Å². The lowest BCUT2D eigenvalue weighted by Gasteiger charge is -2.06. The smallest absolute Gasteiger partial charge is 0.263 e. The molecule has 0 bridgehead atoms. The number of nitrogens with one attached hydrogen (secondary N) is 1. The van der Waals surface area contributed by atoms with Crippen molar-refractivity contribution >= 4 is 38.5 Å². The molecule has 5 nitrogen and oxygen atoms in total. The van der Waals surface area contributed by atoms with Crippen LogP contribution in [0.15, 0.2) is 39.6 Å². The van der Waals surface area contributed by atoms with Crippen LogP contribution < -0.4 is 5.32 Å². The zero-order valence-corrected chi connectivity index (χ0v) is 11.1. The standard InChI is InChI=1S/C12H9BrN4O/c1-7-10-11(14-6-15-12(10)18-17-7)16-9-4-2-3-8(13)5-9/h2-6H,1H3,(H,14,15,16). The third-order valence-corrected chi connectivity index (χ3v) is 3.02. The van der Waals surface area contributed by atoms with Crippen molar-refractivity contribution in [3.8, 4) is 0 Å². The third-order valence-electron chi connectivity index (χ3n) is 2.53. The number of aryl methyl sites for hydroxylation is 1. The maximum Gasteiger partial charge on any atom is 0.263 e. The molecule has 0 atom stereocenters. The highest BCUT2D eigenvalue weighted by Gasteiger charge is 2.11. The summed E-state index contributed by atoms with van der Waals surface area (Å²) >= 11 is 3.43. The van der Waals surface area contributed by atoms with Gasteiger partial charge in [-0.1, -0.05) is 27.2 Å². The van der Waals surface area contributed by atoms with E-state index < -0.39 is 0 Å². The summed E-state index contributed by atoms with van der Waals surface area (Å²) in [5.41, 5.74) is 2.19. The molecule has 0 spiro atoms. The van der Waals surface area contributed by atoms with Crippen LogP contribution in [0, 0.1) is 6.92 Å². The van der Waals surface area contributed by atoms with E-state index >= 15 is 0 Å². The van der Waals surface area contributed by atoms with Crippen LogP contribution in [-0.2, 0) is 0 Å². The van der Waals surface area contributed by atoms with Gasteiger partial charge in [-0.05, 0) is 25.1 Å². The summed E-state index contributed by atoms with van der Waals surface area (Å²) in [5.74, 6) is 0.692. The summed E-state index contributed by atoms with van der Waals surface area (Å²) in [6.07, 6.45) is 1.45. The van der Waals surface area contributed by atoms with E-state index in [2.05, 4.69) is 36.4 Å². The predicted molar refractivity (Wildman–Crippen MR) is 71.8 cm³/mol. The Morgan fingerprint density at radius 2 is 2.17 bits per heavy atom. The van der Waals surface area contributed by atoms with Gasteiger partial charge >= 0.3 is 0 Å². The molecule has 0 fully saturated rings. The molecule has 3 aromatic rings. The minimum Gasteiger partial charge on any atom is -0.339 e. The molecule has 2 aromatic heterocycles. The molecule has 0 aliphatic rings. The van der Waals surface area contributed by atoms with Gasteiger partial charge in [0.1, 0.15) is 17.5 Å². The Bertz CT molecular complexity index is 710. The normalized spacial score (nSPS) is 10.8. The number of hydrogen-bond donors (Lipinski definition) is 1. The molecule has 0 saturated heterocycles. The van der Waals surface area contributed by atoms with Gasteiger partial charge in [-0.15, -0.1) is 0 Å². The topological polar surface area (TPSA) is 63.8 Å². The van der Waals surface area contributed by atoms with Crippen molar-refractivity contribution in [3.05, 3.63) is 40.8 Å². The molecule has 3 rings (SSSR count). The molecule has 0 aliphatic carbocycles. The second-order valence-electron chi connectivity index (χ2n) is 3.81. The average Bonchev–Trinajstić information content (AvgIpc) is 2.72. The van der Waals surface area contributed by atoms with Crippen molar-refractivity contribution in [2.45, 2.75) is 6.92 Å². The summed E-state index contributed by atoms with van der Waals surface area (Å²) < 4.78 is 6.10. The quantitative estimate of drug-likeness (QED) is 0.786. The lowest BCUT2D eigenvalue weighted by Crippen LogP contribution is -1.95. The minimum atomic E-state index is 0.486. The molecule has 0 aliphatic heterocycles. The summed E-state index contributed by atoms with van der Waals surface area (Å²) in [5, 5.41) is 7.93. The van der Waals surface area contributed by atoms with E-state index in [-0.39, 0.29) is 0 Å². The molecule has 1 N–H and O–H groups in total. The van der Waals surface area contributed by atoms with Gasteiger partial charge in [-0.25, -0.2) is 4.98 Å². The number of nitrogens with zero attached hydrogens (tertiary/aromatic N) is 3. The van der Waals surface area contributed by atoms with Crippen molar-refractivity contribution in [3.63, 3.8) is 0 Å². The Labute approximate surface area is 111 Å². The van der Waals surface area contributed by atoms with Gasteiger partial charge in [0.25, 0.3) is 5.71 Å². The Kier molecular flexibility index (Phi) is 2.71. The van der Waals surface area contributed by atoms with Crippen LogP contribution in [-0.4, -0.2) is 15.1 Å². The molecule has 6 heteroatoms. The highest BCUT2D eigenvalue weighted by atomic mass is 79.9. The van der Waals surface area contributed by atoms with Crippen molar-refractivity contribution < 1.29 is 4.52 Å². The first kappa shape index (κ1) is 11.2. The van der Waals surface area contributed by atoms with E-state index in [0.29, 0.717) is 11.5 Å². The zero-order valence-electron chi connectivity index (χ0n) is 9.51. The number of fused-ring (bicyclic) bond motifs is 1. The Morgan fingerprint density at radius 3 is 3.00 bits per heavy atom. The predicted octanol–water partition coefficient (Wildman–Crippen LogP) is 3.43. The van der Waals surface area contributed by atoms with Crippen molar-refractivity contribution in [1.29, 1.82) is 0 Å². The SMILES string of the molecule is Cc1noc2ncnc(Nc3cccc(Br)c3)c12. The Morgan fingerprint density at radius 1 is 1.28 bits per heavy atom. The number of rotatable bonds is 2. The molecule has 90 valence electrons. The fourth-order valence-corrected chi connectivity index (χ4v) is 2.12. The average molecular weight is 305 g/mol. The highest BCUT2D eigenvalue weighted by Crippen LogP contribution is 2.26. The Balaban J connectivity index is 2.07. The van der Waals surface area contributed by atoms with Crippen molar-refractivity contribution in [1.82, 2.24) is 15.1 Å². The van der Waals surface area contributed by atoms with Gasteiger partial charge in [0.05, 0.1) is 5.69 Å². The van der Waals surface area contributed by atoms with Gasteiger partial charge in [0.15, 0.2) is 0 Å². The molecular formula is C12H9BrN4O. The molecule has 0 saturated carbocycles. The minimum absolute atomic E-state index is 0.486. The summed E-state index contributed by atoms with van der Waals surface area (Å²) in [4.78, 5) is 8.26. The summed E-state index contributed by atoms with van der Waals surface area (Å²) in [6, 6.07) is 7.84. The second kappa shape index (κ2) is 4.38. The van der Waals surface area contributed by atoms with Crippen LogP contribution in [0.1, 0.15) is 5.69 Å². The van der Waals surface area contributed by atoms with E-state index in [1.54, 1.807) is 0 Å². The molecule has 1 aromatic carbocycles. The van der Waals surface area contributed by atoms with Crippen LogP contribution in [0.4, 0.5) is 11.5 Å². The first-order valence-electron chi connectivity index (χ1n) is 5.33. The fraction of sp³-hybridized carbons (Fsp3) is 0.0833. The third kappa shape index (κ3) is 1.95. The summed E-state index contributed by atoms with van der Waals surface area (Å²) in [6.45, 7) is 1.86. The molecule has 2 heterocycles. The fourth-order valence-electron chi connectivity index (χ4n) is 1.72. The van der Waals surface area contributed by atoms with Crippen molar-refractivity contribution in [2.75, 3.05) is 5.32 Å². The first-order chi connectivity index (χ1) is 8.74. The van der Waals surface area contributed by atoms with Gasteiger partial charge < -0.3 is 9.84 Å². The van der Waals surface area contributed by atoms with Crippen LogP contribution in [0.25, 0.3) is 11.1 Å². The monoisotopic (exact) mass is 304 g/mol. The van der Waals surface area contributed by atoms with Gasteiger partial charge in [0, 0.05) is 10.2 Å². The van der Waals surface area contributed by atoms with E-state index in [1.165, 1.54) is 6.33 Å². The molecule has 0 unspecified atom stereocenters. The number of hydrogen-bond acceptors (Lipinski definition) is 5. The maximum atomic E-state index is 5.10. The van der Waals surface area contributed by atoms with E-state index in [4.69, 9.17) is 4.52 Å². The van der Waals surface area contributed by atoms with Gasteiger partial charge in [0.2, 0.25) is 0 Å². The summed E-state index contributed by atoms with van der Waals surface area (Å²) in [7, 11) is 0. The van der Waals surface area contributed by atoms with E-state index in [1.807, 2.05) is 31.2 Å². The maximum absolute atomic E-state index is 5.10. The largest absolute Gasteiger partial charge is 0.339 e. The zero-order chi connectivity index (χ0) is 12.5. The van der Waals surface area contributed by atoms with Crippen LogP contribution in [0.3, 0.4) is 0 Å². The number of halogens is 1. The van der Waals surface area contributed by atoms with Crippen LogP contribution >= 0.6 is 15.9 Å². The molecule has 0 radical (unpaired) electrons. The lowest BCUT2D eigenvalue weighted by atomic mass is 10.3. The lowest BCUT2D eigenvalue weighted by molar-refractivity contribution is 0.442. The molecule has 18 heavy (non-hydrogen) atoms. The number of benzene rings is 1. The van der Waals surface area contributed by atoms with Crippen molar-refractivity contribution in [2.24, 2.45) is 0 Å². The van der Waals surface area contributed by atoms with Crippen LogP contribution in [0.2, 0.25) is 0 Å². The highest BCUT2D eigenvalue weighted by molar-refractivity contribution is 9.10. The Hall–Kier alpha value is -1.95. The second-order valence-corrected chi connectivity index (χ2v) is 4.72. The molecule has 0 amide bonds. The molecular weight excluding hydrogens is 296 g/mol. The van der Waals surface area contributed by atoms with Gasteiger partial charge in [-0.3, -0.25) is 0 Å². The first-order valence-corrected chi connectivity index (χ1v) is 6.13. The van der Waals surface area contributed by atoms with Crippen LogP contribution in [0.5, 0.6) is 0 Å². The van der Waals surface area contributed by atoms with E-state index in [9.17, 15) is 0 Å². The van der Waals surface area contributed by atoms with Gasteiger partial charge in [-0.2, -0.15) is 4.98 Å².